The summed E-state index contributed by atoms with van der Waals surface area (Å²) in [6.45, 7) is 4.96. The molecule has 0 aromatic heterocycles. The Labute approximate surface area is 108 Å². The molecular weight excluding hydrogens is 266 g/mol. The van der Waals surface area contributed by atoms with Gasteiger partial charge in [0.05, 0.1) is 4.83 Å². The normalized spacial score (nSPS) is 19.8. The Morgan fingerprint density at radius 3 is 2.50 bits per heavy atom. The average molecular weight is 290 g/mol. The molecule has 0 aliphatic heterocycles. The van der Waals surface area contributed by atoms with Gasteiger partial charge in [0.2, 0.25) is 5.91 Å². The highest BCUT2D eigenvalue weighted by Crippen LogP contribution is 2.25. The van der Waals surface area contributed by atoms with Gasteiger partial charge < -0.3 is 5.32 Å². The van der Waals surface area contributed by atoms with Crippen molar-refractivity contribution in [2.75, 3.05) is 6.54 Å². The van der Waals surface area contributed by atoms with Gasteiger partial charge in [0.15, 0.2) is 0 Å². The van der Waals surface area contributed by atoms with E-state index in [1.807, 2.05) is 0 Å². The molecule has 0 radical (unpaired) electrons. The third-order valence-electron chi connectivity index (χ3n) is 3.41. The maximum atomic E-state index is 11.7. The fraction of sp³-hybridized carbons (Fsp3) is 0.923. The number of hydrogen-bond donors (Lipinski definition) is 1. The number of halogens is 1. The highest BCUT2D eigenvalue weighted by molar-refractivity contribution is 9.10. The summed E-state index contributed by atoms with van der Waals surface area (Å²) in [4.78, 5) is 11.6. The van der Waals surface area contributed by atoms with Crippen LogP contribution in [0.3, 0.4) is 0 Å². The third-order valence-corrected chi connectivity index (χ3v) is 4.89. The van der Waals surface area contributed by atoms with Crippen molar-refractivity contribution in [3.05, 3.63) is 0 Å². The Bertz CT molecular complexity index is 212. The first-order valence-electron chi connectivity index (χ1n) is 6.53. The predicted molar refractivity (Wildman–Crippen MR) is 71.8 cm³/mol. The molecule has 0 saturated heterocycles. The van der Waals surface area contributed by atoms with Gasteiger partial charge in [0, 0.05) is 6.54 Å². The number of carbonyl (C=O) groups excluding carboxylic acids is 1. The Balaban J connectivity index is 2.12. The monoisotopic (exact) mass is 289 g/mol. The van der Waals surface area contributed by atoms with Crippen molar-refractivity contribution in [2.24, 2.45) is 11.8 Å². The van der Waals surface area contributed by atoms with E-state index < -0.39 is 0 Å². The summed E-state index contributed by atoms with van der Waals surface area (Å²) >= 11 is 3.42. The van der Waals surface area contributed by atoms with Crippen LogP contribution in [0.4, 0.5) is 0 Å². The Kier molecular flexibility index (Phi) is 6.40. The molecule has 1 N–H and O–H groups in total. The van der Waals surface area contributed by atoms with Gasteiger partial charge >= 0.3 is 0 Å². The number of amides is 1. The summed E-state index contributed by atoms with van der Waals surface area (Å²) in [6.07, 6.45) is 8.04. The van der Waals surface area contributed by atoms with Crippen molar-refractivity contribution in [1.82, 2.24) is 5.32 Å². The van der Waals surface area contributed by atoms with E-state index in [2.05, 4.69) is 35.1 Å². The first kappa shape index (κ1) is 14.0. The first-order chi connectivity index (χ1) is 7.61. The summed E-state index contributed by atoms with van der Waals surface area (Å²) in [5.41, 5.74) is 0. The van der Waals surface area contributed by atoms with Crippen molar-refractivity contribution in [1.29, 1.82) is 0 Å². The number of hydrogen-bond acceptors (Lipinski definition) is 1. The van der Waals surface area contributed by atoms with Gasteiger partial charge in [0.25, 0.3) is 0 Å². The van der Waals surface area contributed by atoms with Crippen molar-refractivity contribution < 1.29 is 4.79 Å². The second-order valence-corrected chi connectivity index (χ2v) is 6.22. The molecule has 1 unspecified atom stereocenters. The Hall–Kier alpha value is -0.0500. The highest BCUT2D eigenvalue weighted by atomic mass is 79.9. The quantitative estimate of drug-likeness (QED) is 0.772. The maximum Gasteiger partial charge on any atom is 0.234 e. The second-order valence-electron chi connectivity index (χ2n) is 5.23. The summed E-state index contributed by atoms with van der Waals surface area (Å²) in [5.74, 6) is 1.35. The number of nitrogens with one attached hydrogen (secondary N) is 1. The smallest absolute Gasteiger partial charge is 0.234 e. The van der Waals surface area contributed by atoms with Gasteiger partial charge in [-0.1, -0.05) is 61.9 Å². The summed E-state index contributed by atoms with van der Waals surface area (Å²) in [7, 11) is 0. The molecule has 3 heteroatoms. The molecule has 0 aromatic rings. The molecular formula is C13H24BrNO. The molecule has 2 nitrogen and oxygen atoms in total. The topological polar surface area (TPSA) is 29.1 Å². The van der Waals surface area contributed by atoms with Crippen LogP contribution in [0.2, 0.25) is 0 Å². The van der Waals surface area contributed by atoms with Crippen LogP contribution in [0, 0.1) is 11.8 Å². The molecule has 1 saturated carbocycles. The van der Waals surface area contributed by atoms with Crippen LogP contribution in [-0.4, -0.2) is 17.3 Å². The maximum absolute atomic E-state index is 11.7. The van der Waals surface area contributed by atoms with E-state index >= 15 is 0 Å². The SMILES string of the molecule is CC(C)C(Br)C(=O)NCCC1CCCCC1. The Morgan fingerprint density at radius 1 is 1.31 bits per heavy atom. The van der Waals surface area contributed by atoms with Gasteiger partial charge in [-0.15, -0.1) is 0 Å². The predicted octanol–water partition coefficient (Wildman–Crippen LogP) is 3.49. The molecule has 1 rings (SSSR count). The van der Waals surface area contributed by atoms with E-state index in [1.54, 1.807) is 0 Å². The van der Waals surface area contributed by atoms with E-state index in [-0.39, 0.29) is 10.7 Å². The lowest BCUT2D eigenvalue weighted by molar-refractivity contribution is -0.121. The van der Waals surface area contributed by atoms with E-state index in [4.69, 9.17) is 0 Å². The Morgan fingerprint density at radius 2 is 1.94 bits per heavy atom. The van der Waals surface area contributed by atoms with E-state index in [0.717, 1.165) is 18.9 Å². The molecule has 1 atom stereocenters. The van der Waals surface area contributed by atoms with E-state index in [1.165, 1.54) is 32.1 Å². The van der Waals surface area contributed by atoms with Crippen LogP contribution in [0.25, 0.3) is 0 Å². The summed E-state index contributed by atoms with van der Waals surface area (Å²) in [6, 6.07) is 0. The lowest BCUT2D eigenvalue weighted by atomic mass is 9.87. The molecule has 0 heterocycles. The minimum atomic E-state index is -0.0427. The molecule has 1 amide bonds. The fourth-order valence-electron chi connectivity index (χ4n) is 2.28. The van der Waals surface area contributed by atoms with Gasteiger partial charge in [-0.25, -0.2) is 0 Å². The molecule has 0 spiro atoms. The standard InChI is InChI=1S/C13H24BrNO/c1-10(2)12(14)13(16)15-9-8-11-6-4-3-5-7-11/h10-12H,3-9H2,1-2H3,(H,15,16). The number of alkyl halides is 1. The lowest BCUT2D eigenvalue weighted by Gasteiger charge is -2.22. The zero-order valence-electron chi connectivity index (χ0n) is 10.5. The van der Waals surface area contributed by atoms with Crippen LogP contribution in [0.5, 0.6) is 0 Å². The molecule has 0 aromatic carbocycles. The fourth-order valence-corrected chi connectivity index (χ4v) is 2.44. The average Bonchev–Trinajstić information content (AvgIpc) is 2.29. The molecule has 0 bridgehead atoms. The molecule has 1 aliphatic carbocycles. The minimum absolute atomic E-state index is 0.0427. The zero-order chi connectivity index (χ0) is 12.0. The largest absolute Gasteiger partial charge is 0.355 e. The zero-order valence-corrected chi connectivity index (χ0v) is 12.1. The first-order valence-corrected chi connectivity index (χ1v) is 7.44. The van der Waals surface area contributed by atoms with Crippen LogP contribution in [0.1, 0.15) is 52.4 Å². The molecule has 94 valence electrons. The van der Waals surface area contributed by atoms with Crippen molar-refractivity contribution in [2.45, 2.75) is 57.2 Å². The lowest BCUT2D eigenvalue weighted by Crippen LogP contribution is -2.35. The highest BCUT2D eigenvalue weighted by Gasteiger charge is 2.19. The van der Waals surface area contributed by atoms with Gasteiger partial charge in [0.1, 0.15) is 0 Å². The summed E-state index contributed by atoms with van der Waals surface area (Å²) < 4.78 is 0. The van der Waals surface area contributed by atoms with Gasteiger partial charge in [-0.05, 0) is 18.3 Å². The molecule has 16 heavy (non-hydrogen) atoms. The van der Waals surface area contributed by atoms with Crippen molar-refractivity contribution >= 4 is 21.8 Å². The minimum Gasteiger partial charge on any atom is -0.355 e. The summed E-state index contributed by atoms with van der Waals surface area (Å²) in [5, 5.41) is 3.03. The van der Waals surface area contributed by atoms with Crippen LogP contribution in [0.15, 0.2) is 0 Å². The third kappa shape index (κ3) is 4.86. The van der Waals surface area contributed by atoms with Crippen molar-refractivity contribution in [3.63, 3.8) is 0 Å². The molecule has 1 fully saturated rings. The van der Waals surface area contributed by atoms with E-state index in [0.29, 0.717) is 5.92 Å². The van der Waals surface area contributed by atoms with Crippen LogP contribution in [-0.2, 0) is 4.79 Å². The number of carbonyl (C=O) groups is 1. The van der Waals surface area contributed by atoms with E-state index in [9.17, 15) is 4.79 Å². The number of rotatable bonds is 5. The molecule has 1 aliphatic rings. The van der Waals surface area contributed by atoms with Crippen LogP contribution >= 0.6 is 15.9 Å². The van der Waals surface area contributed by atoms with Gasteiger partial charge in [-0.2, -0.15) is 0 Å². The van der Waals surface area contributed by atoms with Crippen molar-refractivity contribution in [3.8, 4) is 0 Å². The van der Waals surface area contributed by atoms with Crippen LogP contribution < -0.4 is 5.32 Å². The second kappa shape index (κ2) is 7.31. The van der Waals surface area contributed by atoms with Gasteiger partial charge in [-0.3, -0.25) is 4.79 Å².